The molecule has 0 atom stereocenters. The summed E-state index contributed by atoms with van der Waals surface area (Å²) in [6.07, 6.45) is 0. The second kappa shape index (κ2) is 3.53. The van der Waals surface area contributed by atoms with Crippen molar-refractivity contribution >= 4 is 11.7 Å². The van der Waals surface area contributed by atoms with Crippen LogP contribution in [0.2, 0.25) is 0 Å². The monoisotopic (exact) mass is 208 g/mol. The molecule has 3 nitrogen and oxygen atoms in total. The van der Waals surface area contributed by atoms with Gasteiger partial charge in [0.05, 0.1) is 5.54 Å². The highest BCUT2D eigenvalue weighted by molar-refractivity contribution is 5.90. The number of hydrogen-bond acceptors (Lipinski definition) is 3. The maximum atomic E-state index is 12.6. The molecule has 0 aliphatic carbocycles. The Morgan fingerprint density at radius 2 is 2.00 bits per heavy atom. The Kier molecular flexibility index (Phi) is 2.34. The normalized spacial score (nSPS) is 18.2. The molecule has 0 spiro atoms. The zero-order valence-corrected chi connectivity index (χ0v) is 8.75. The summed E-state index contributed by atoms with van der Waals surface area (Å²) in [5.74, 6) is -0.254. The first-order chi connectivity index (χ1) is 7.05. The number of anilines is 1. The Morgan fingerprint density at radius 3 is 2.53 bits per heavy atom. The predicted octanol–water partition coefficient (Wildman–Crippen LogP) is 2.40. The number of halogens is 1. The van der Waals surface area contributed by atoms with Crippen LogP contribution in [0.5, 0.6) is 0 Å². The lowest BCUT2D eigenvalue weighted by atomic mass is 10.1. The van der Waals surface area contributed by atoms with Crippen LogP contribution < -0.4 is 5.32 Å². The van der Waals surface area contributed by atoms with Crippen LogP contribution in [0.25, 0.3) is 0 Å². The number of ether oxygens (including phenoxy) is 1. The fourth-order valence-corrected chi connectivity index (χ4v) is 1.31. The second-order valence-corrected chi connectivity index (χ2v) is 4.15. The minimum absolute atomic E-state index is 0.178. The second-order valence-electron chi connectivity index (χ2n) is 4.15. The van der Waals surface area contributed by atoms with Crippen LogP contribution in [0.1, 0.15) is 13.8 Å². The summed E-state index contributed by atoms with van der Waals surface area (Å²) in [5, 5.41) is 2.98. The lowest BCUT2D eigenvalue weighted by molar-refractivity contribution is 0.278. The van der Waals surface area contributed by atoms with E-state index in [9.17, 15) is 4.39 Å². The molecule has 0 saturated heterocycles. The summed E-state index contributed by atoms with van der Waals surface area (Å²) >= 11 is 0. The molecule has 0 radical (unpaired) electrons. The highest BCUT2D eigenvalue weighted by Gasteiger charge is 2.26. The molecule has 0 aromatic heterocycles. The van der Waals surface area contributed by atoms with Gasteiger partial charge in [0, 0.05) is 5.69 Å². The largest absolute Gasteiger partial charge is 0.462 e. The third kappa shape index (κ3) is 2.46. The number of amidine groups is 1. The van der Waals surface area contributed by atoms with Crippen molar-refractivity contribution in [2.24, 2.45) is 4.99 Å². The molecule has 1 heterocycles. The summed E-state index contributed by atoms with van der Waals surface area (Å²) in [5.41, 5.74) is 0.593. The smallest absolute Gasteiger partial charge is 0.289 e. The lowest BCUT2D eigenvalue weighted by Gasteiger charge is -2.07. The molecular formula is C11H13FN2O. The minimum atomic E-state index is -0.254. The van der Waals surface area contributed by atoms with E-state index in [1.165, 1.54) is 12.1 Å². The molecule has 1 aliphatic rings. The van der Waals surface area contributed by atoms with E-state index in [-0.39, 0.29) is 11.4 Å². The Balaban J connectivity index is 2.07. The van der Waals surface area contributed by atoms with Gasteiger partial charge in [-0.2, -0.15) is 0 Å². The molecule has 4 heteroatoms. The summed E-state index contributed by atoms with van der Waals surface area (Å²) < 4.78 is 18.0. The predicted molar refractivity (Wildman–Crippen MR) is 57.5 cm³/mol. The Hall–Kier alpha value is -1.58. The SMILES string of the molecule is CC1(C)COC(Nc2ccc(F)cc2)=N1. The van der Waals surface area contributed by atoms with Crippen LogP contribution in [-0.4, -0.2) is 18.2 Å². The van der Waals surface area contributed by atoms with E-state index in [4.69, 9.17) is 4.74 Å². The Morgan fingerprint density at radius 1 is 1.33 bits per heavy atom. The summed E-state index contributed by atoms with van der Waals surface area (Å²) in [7, 11) is 0. The standard InChI is InChI=1S/C11H13FN2O/c1-11(2)7-15-10(14-11)13-9-5-3-8(12)4-6-9/h3-6H,7H2,1-2H3,(H,13,14). The molecule has 2 rings (SSSR count). The van der Waals surface area contributed by atoms with Gasteiger partial charge < -0.3 is 10.1 Å². The summed E-state index contributed by atoms with van der Waals surface area (Å²) in [4.78, 5) is 4.33. The molecule has 1 N–H and O–H groups in total. The highest BCUT2D eigenvalue weighted by atomic mass is 19.1. The van der Waals surface area contributed by atoms with Gasteiger partial charge in [0.2, 0.25) is 0 Å². The molecule has 0 unspecified atom stereocenters. The Bertz CT molecular complexity index is 384. The number of aliphatic imine (C=N–C) groups is 1. The molecule has 1 aromatic carbocycles. The van der Waals surface area contributed by atoms with Crippen LogP contribution >= 0.6 is 0 Å². The number of rotatable bonds is 1. The summed E-state index contributed by atoms with van der Waals surface area (Å²) in [6.45, 7) is 4.55. The van der Waals surface area contributed by atoms with Crippen LogP contribution in [0, 0.1) is 5.82 Å². The van der Waals surface area contributed by atoms with Gasteiger partial charge in [0.15, 0.2) is 0 Å². The van der Waals surface area contributed by atoms with E-state index in [1.807, 2.05) is 13.8 Å². The van der Waals surface area contributed by atoms with Crippen molar-refractivity contribution in [1.82, 2.24) is 0 Å². The van der Waals surface area contributed by atoms with Gasteiger partial charge in [-0.3, -0.25) is 0 Å². The molecule has 0 saturated carbocycles. The molecule has 0 amide bonds. The van der Waals surface area contributed by atoms with Crippen molar-refractivity contribution in [3.05, 3.63) is 30.1 Å². The van der Waals surface area contributed by atoms with Gasteiger partial charge in [0.25, 0.3) is 6.02 Å². The maximum Gasteiger partial charge on any atom is 0.289 e. The molecular weight excluding hydrogens is 195 g/mol. The van der Waals surface area contributed by atoms with Gasteiger partial charge in [-0.15, -0.1) is 0 Å². The van der Waals surface area contributed by atoms with Crippen molar-refractivity contribution in [1.29, 1.82) is 0 Å². The van der Waals surface area contributed by atoms with E-state index in [2.05, 4.69) is 10.3 Å². The molecule has 0 bridgehead atoms. The number of nitrogens with zero attached hydrogens (tertiary/aromatic N) is 1. The van der Waals surface area contributed by atoms with Crippen molar-refractivity contribution in [2.45, 2.75) is 19.4 Å². The molecule has 80 valence electrons. The van der Waals surface area contributed by atoms with Gasteiger partial charge >= 0.3 is 0 Å². The fraction of sp³-hybridized carbons (Fsp3) is 0.364. The van der Waals surface area contributed by atoms with Crippen LogP contribution in [-0.2, 0) is 4.74 Å². The highest BCUT2D eigenvalue weighted by Crippen LogP contribution is 2.18. The zero-order valence-electron chi connectivity index (χ0n) is 8.75. The minimum Gasteiger partial charge on any atom is -0.462 e. The molecule has 1 aromatic rings. The topological polar surface area (TPSA) is 33.6 Å². The van der Waals surface area contributed by atoms with E-state index >= 15 is 0 Å². The molecule has 15 heavy (non-hydrogen) atoms. The van der Waals surface area contributed by atoms with Crippen LogP contribution in [0.15, 0.2) is 29.3 Å². The van der Waals surface area contributed by atoms with Crippen molar-refractivity contribution < 1.29 is 9.13 Å². The van der Waals surface area contributed by atoms with E-state index in [0.717, 1.165) is 5.69 Å². The van der Waals surface area contributed by atoms with Crippen molar-refractivity contribution in [3.8, 4) is 0 Å². The number of benzene rings is 1. The fourth-order valence-electron chi connectivity index (χ4n) is 1.31. The lowest BCUT2D eigenvalue weighted by Crippen LogP contribution is -2.17. The summed E-state index contributed by atoms with van der Waals surface area (Å²) in [6, 6.07) is 6.57. The zero-order chi connectivity index (χ0) is 10.9. The first-order valence-corrected chi connectivity index (χ1v) is 4.80. The first-order valence-electron chi connectivity index (χ1n) is 4.80. The van der Waals surface area contributed by atoms with Gasteiger partial charge in [-0.25, -0.2) is 9.38 Å². The van der Waals surface area contributed by atoms with Crippen molar-refractivity contribution in [2.75, 3.05) is 11.9 Å². The number of hydrogen-bond donors (Lipinski definition) is 1. The molecule has 0 fully saturated rings. The first kappa shape index (κ1) is 9.96. The van der Waals surface area contributed by atoms with Gasteiger partial charge in [-0.1, -0.05) is 0 Å². The van der Waals surface area contributed by atoms with Gasteiger partial charge in [0.1, 0.15) is 12.4 Å². The van der Waals surface area contributed by atoms with E-state index in [1.54, 1.807) is 12.1 Å². The average Bonchev–Trinajstić information content (AvgIpc) is 2.50. The average molecular weight is 208 g/mol. The quantitative estimate of drug-likeness (QED) is 0.768. The van der Waals surface area contributed by atoms with E-state index < -0.39 is 0 Å². The van der Waals surface area contributed by atoms with Crippen LogP contribution in [0.3, 0.4) is 0 Å². The van der Waals surface area contributed by atoms with Crippen LogP contribution in [0.4, 0.5) is 10.1 Å². The van der Waals surface area contributed by atoms with E-state index in [0.29, 0.717) is 12.6 Å². The Labute approximate surface area is 88.0 Å². The third-order valence-corrected chi connectivity index (χ3v) is 2.06. The molecule has 1 aliphatic heterocycles. The number of nitrogens with one attached hydrogen (secondary N) is 1. The van der Waals surface area contributed by atoms with Gasteiger partial charge in [-0.05, 0) is 38.1 Å². The third-order valence-electron chi connectivity index (χ3n) is 2.06. The maximum absolute atomic E-state index is 12.6. The van der Waals surface area contributed by atoms with Crippen molar-refractivity contribution in [3.63, 3.8) is 0 Å².